The number of methoxy groups -OCH3 is 1. The monoisotopic (exact) mass is 432 g/mol. The molecule has 0 aliphatic rings. The maximum atomic E-state index is 13.8. The molecule has 1 amide bonds. The second-order valence-electron chi connectivity index (χ2n) is 6.23. The Labute approximate surface area is 174 Å². The lowest BCUT2D eigenvalue weighted by Gasteiger charge is -2.21. The van der Waals surface area contributed by atoms with Crippen LogP contribution in [0.1, 0.15) is 21.7 Å². The van der Waals surface area contributed by atoms with Crippen molar-refractivity contribution in [1.82, 2.24) is 4.98 Å². The second-order valence-corrected chi connectivity index (χ2v) is 7.21. The number of hydrogen-bond donors (Lipinski definition) is 2. The zero-order chi connectivity index (χ0) is 21.8. The fraction of sp³-hybridized carbons (Fsp3) is 0.150. The first-order chi connectivity index (χ1) is 14.3. The van der Waals surface area contributed by atoms with Crippen LogP contribution in [0.5, 0.6) is 5.75 Å². The fourth-order valence-electron chi connectivity index (χ4n) is 2.68. The molecule has 1 heterocycles. The Morgan fingerprint density at radius 3 is 2.43 bits per heavy atom. The van der Waals surface area contributed by atoms with Crippen molar-refractivity contribution in [2.45, 2.75) is 6.42 Å². The van der Waals surface area contributed by atoms with E-state index in [2.05, 4.69) is 4.98 Å². The van der Waals surface area contributed by atoms with Crippen LogP contribution in [-0.2, 0) is 4.79 Å². The number of nitrogens with zero attached hydrogens (tertiary/aromatic N) is 2. The van der Waals surface area contributed by atoms with Crippen molar-refractivity contribution >= 4 is 39.7 Å². The number of halogens is 2. The molecule has 1 aromatic heterocycles. The molecule has 156 valence electrons. The fourth-order valence-corrected chi connectivity index (χ4v) is 3.68. The van der Waals surface area contributed by atoms with Crippen LogP contribution in [0.2, 0.25) is 0 Å². The number of benzene rings is 2. The standard InChI is InChI=1S/C20H18F2N4O3S/c1-29-13-5-2-11(3-6-13)17(28)18-19(24)25-20(30-18)26(9-8-16(23)27)12-4-7-14(21)15(22)10-12/h2-7,10H,8-9,24H2,1H3,(H2,23,27). The van der Waals surface area contributed by atoms with Gasteiger partial charge in [0.25, 0.3) is 0 Å². The number of carbonyl (C=O) groups excluding carboxylic acids is 2. The number of hydrogen-bond acceptors (Lipinski definition) is 7. The van der Waals surface area contributed by atoms with Crippen LogP contribution in [0.3, 0.4) is 0 Å². The molecule has 4 N–H and O–H groups in total. The van der Waals surface area contributed by atoms with E-state index in [1.165, 1.54) is 18.1 Å². The van der Waals surface area contributed by atoms with E-state index in [1.54, 1.807) is 24.3 Å². The summed E-state index contributed by atoms with van der Waals surface area (Å²) < 4.78 is 32.2. The summed E-state index contributed by atoms with van der Waals surface area (Å²) in [5.74, 6) is -2.41. The van der Waals surface area contributed by atoms with Crippen molar-refractivity contribution in [3.8, 4) is 5.75 Å². The molecule has 0 saturated carbocycles. The van der Waals surface area contributed by atoms with E-state index in [1.807, 2.05) is 0 Å². The average molecular weight is 432 g/mol. The van der Waals surface area contributed by atoms with Gasteiger partial charge in [-0.25, -0.2) is 13.8 Å². The van der Waals surface area contributed by atoms with Gasteiger partial charge in [-0.15, -0.1) is 0 Å². The van der Waals surface area contributed by atoms with Crippen molar-refractivity contribution in [2.24, 2.45) is 5.73 Å². The quantitative estimate of drug-likeness (QED) is 0.529. The molecule has 0 bridgehead atoms. The molecule has 0 atom stereocenters. The molecule has 10 heteroatoms. The van der Waals surface area contributed by atoms with E-state index in [0.29, 0.717) is 11.3 Å². The summed E-state index contributed by atoms with van der Waals surface area (Å²) in [6.45, 7) is 0.0452. The number of primary amides is 1. The van der Waals surface area contributed by atoms with E-state index < -0.39 is 17.5 Å². The summed E-state index contributed by atoms with van der Waals surface area (Å²) in [5.41, 5.74) is 11.8. The van der Waals surface area contributed by atoms with E-state index in [4.69, 9.17) is 16.2 Å². The largest absolute Gasteiger partial charge is 0.497 e. The highest BCUT2D eigenvalue weighted by Gasteiger charge is 2.23. The van der Waals surface area contributed by atoms with Crippen molar-refractivity contribution in [3.05, 3.63) is 64.5 Å². The Hall–Kier alpha value is -3.53. The lowest BCUT2D eigenvalue weighted by atomic mass is 10.1. The molecule has 0 radical (unpaired) electrons. The number of anilines is 3. The van der Waals surface area contributed by atoms with Crippen molar-refractivity contribution in [1.29, 1.82) is 0 Å². The molecule has 0 aliphatic heterocycles. The van der Waals surface area contributed by atoms with Gasteiger partial charge in [0.1, 0.15) is 16.4 Å². The Bertz CT molecular complexity index is 1090. The van der Waals surface area contributed by atoms with Gasteiger partial charge < -0.3 is 21.1 Å². The maximum Gasteiger partial charge on any atom is 0.219 e. The van der Waals surface area contributed by atoms with Crippen molar-refractivity contribution in [3.63, 3.8) is 0 Å². The summed E-state index contributed by atoms with van der Waals surface area (Å²) >= 11 is 0.978. The smallest absolute Gasteiger partial charge is 0.219 e. The van der Waals surface area contributed by atoms with E-state index in [-0.39, 0.29) is 40.3 Å². The molecule has 3 rings (SSSR count). The molecule has 0 fully saturated rings. The van der Waals surface area contributed by atoms with Gasteiger partial charge in [-0.05, 0) is 36.4 Å². The topological polar surface area (TPSA) is 112 Å². The lowest BCUT2D eigenvalue weighted by Crippen LogP contribution is -2.24. The predicted octanol–water partition coefficient (Wildman–Crippen LogP) is 3.26. The van der Waals surface area contributed by atoms with Crippen LogP contribution in [0.15, 0.2) is 42.5 Å². The molecular weight excluding hydrogens is 414 g/mol. The summed E-state index contributed by atoms with van der Waals surface area (Å²) in [6, 6.07) is 9.75. The van der Waals surface area contributed by atoms with Crippen LogP contribution < -0.4 is 21.1 Å². The van der Waals surface area contributed by atoms with Gasteiger partial charge >= 0.3 is 0 Å². The van der Waals surface area contributed by atoms with E-state index in [9.17, 15) is 18.4 Å². The number of rotatable bonds is 8. The summed E-state index contributed by atoms with van der Waals surface area (Å²) in [7, 11) is 1.52. The van der Waals surface area contributed by atoms with Gasteiger partial charge in [0.05, 0.1) is 7.11 Å². The normalized spacial score (nSPS) is 10.6. The number of aromatic nitrogens is 1. The number of nitrogen functional groups attached to an aromatic ring is 1. The third-order valence-electron chi connectivity index (χ3n) is 4.23. The molecule has 2 aromatic carbocycles. The molecule has 0 unspecified atom stereocenters. The minimum atomic E-state index is -1.06. The molecule has 3 aromatic rings. The molecule has 0 spiro atoms. The third-order valence-corrected chi connectivity index (χ3v) is 5.32. The number of ketones is 1. The highest BCUT2D eigenvalue weighted by Crippen LogP contribution is 2.35. The molecule has 30 heavy (non-hydrogen) atoms. The number of carbonyl (C=O) groups is 2. The highest BCUT2D eigenvalue weighted by molar-refractivity contribution is 7.18. The number of thiazole rings is 1. The first-order valence-corrected chi connectivity index (χ1v) is 9.57. The number of ether oxygens (including phenoxy) is 1. The number of amides is 1. The van der Waals surface area contributed by atoms with E-state index in [0.717, 1.165) is 23.5 Å². The molecule has 0 aliphatic carbocycles. The van der Waals surface area contributed by atoms with Crippen LogP contribution in [-0.4, -0.2) is 30.3 Å². The van der Waals surface area contributed by atoms with Gasteiger partial charge in [-0.2, -0.15) is 0 Å². The first-order valence-electron chi connectivity index (χ1n) is 8.76. The number of nitrogens with two attached hydrogens (primary N) is 2. The SMILES string of the molecule is COc1ccc(C(=O)c2sc(N(CCC(N)=O)c3ccc(F)c(F)c3)nc2N)cc1. The highest BCUT2D eigenvalue weighted by atomic mass is 32.1. The van der Waals surface area contributed by atoms with Gasteiger partial charge in [-0.1, -0.05) is 11.3 Å². The summed E-state index contributed by atoms with van der Waals surface area (Å²) in [4.78, 5) is 30.0. The minimum absolute atomic E-state index is 0.0116. The minimum Gasteiger partial charge on any atom is -0.497 e. The van der Waals surface area contributed by atoms with Crippen molar-refractivity contribution in [2.75, 3.05) is 24.3 Å². The summed E-state index contributed by atoms with van der Waals surface area (Å²) in [5, 5.41) is 0.247. The Morgan fingerprint density at radius 2 is 1.83 bits per heavy atom. The van der Waals surface area contributed by atoms with Crippen molar-refractivity contribution < 1.29 is 23.1 Å². The van der Waals surface area contributed by atoms with Gasteiger partial charge in [0.2, 0.25) is 11.7 Å². The molecular formula is C20H18F2N4O3S. The van der Waals surface area contributed by atoms with Gasteiger partial charge in [0.15, 0.2) is 16.8 Å². The van der Waals surface area contributed by atoms with Crippen LogP contribution in [0.25, 0.3) is 0 Å². The Morgan fingerprint density at radius 1 is 1.13 bits per heavy atom. The van der Waals surface area contributed by atoms with Crippen LogP contribution in [0, 0.1) is 11.6 Å². The van der Waals surface area contributed by atoms with Gasteiger partial charge in [0, 0.05) is 30.3 Å². The first kappa shape index (κ1) is 21.2. The zero-order valence-corrected chi connectivity index (χ0v) is 16.7. The Balaban J connectivity index is 1.97. The average Bonchev–Trinajstić information content (AvgIpc) is 3.11. The zero-order valence-electron chi connectivity index (χ0n) is 15.9. The lowest BCUT2D eigenvalue weighted by molar-refractivity contribution is -0.117. The third kappa shape index (κ3) is 4.54. The van der Waals surface area contributed by atoms with Crippen LogP contribution >= 0.6 is 11.3 Å². The van der Waals surface area contributed by atoms with Crippen LogP contribution in [0.4, 0.5) is 25.4 Å². The predicted molar refractivity (Wildman–Crippen MR) is 110 cm³/mol. The molecule has 0 saturated heterocycles. The van der Waals surface area contributed by atoms with Gasteiger partial charge in [-0.3, -0.25) is 9.59 Å². The molecule has 7 nitrogen and oxygen atoms in total. The second kappa shape index (κ2) is 8.87. The summed E-state index contributed by atoms with van der Waals surface area (Å²) in [6.07, 6.45) is -0.0692. The maximum absolute atomic E-state index is 13.8. The Kier molecular flexibility index (Phi) is 6.26. The van der Waals surface area contributed by atoms with E-state index >= 15 is 0 Å².